The maximum atomic E-state index is 12.3. The summed E-state index contributed by atoms with van der Waals surface area (Å²) in [5.41, 5.74) is 2.17. The van der Waals surface area contributed by atoms with E-state index in [9.17, 15) is 4.79 Å². The Labute approximate surface area is 105 Å². The van der Waals surface area contributed by atoms with Crippen molar-refractivity contribution in [2.75, 3.05) is 0 Å². The van der Waals surface area contributed by atoms with Crippen molar-refractivity contribution in [1.29, 1.82) is 0 Å². The molecule has 0 bridgehead atoms. The van der Waals surface area contributed by atoms with Crippen molar-refractivity contribution >= 4 is 17.1 Å². The Hall–Kier alpha value is -1.41. The minimum Gasteiger partial charge on any atom is -0.294 e. The number of hydrogen-bond donors (Lipinski definition) is 0. The minimum absolute atomic E-state index is 0.184. The molecule has 0 saturated heterocycles. The van der Waals surface area contributed by atoms with Crippen LogP contribution in [0.5, 0.6) is 0 Å². The summed E-state index contributed by atoms with van der Waals surface area (Å²) in [6.45, 7) is 0. The van der Waals surface area contributed by atoms with Crippen LogP contribution >= 0.6 is 11.3 Å². The van der Waals surface area contributed by atoms with Gasteiger partial charge < -0.3 is 0 Å². The van der Waals surface area contributed by atoms with Gasteiger partial charge in [0.25, 0.3) is 0 Å². The number of benzene rings is 1. The summed E-state index contributed by atoms with van der Waals surface area (Å²) in [5.74, 6) is 0.517. The molecular formula is C15H14OS. The second kappa shape index (κ2) is 4.46. The van der Waals surface area contributed by atoms with Gasteiger partial charge in [-0.3, -0.25) is 4.79 Å². The fraction of sp³-hybridized carbons (Fsp3) is 0.267. The summed E-state index contributed by atoms with van der Waals surface area (Å²) >= 11 is 1.75. The first-order chi connectivity index (χ1) is 8.34. The van der Waals surface area contributed by atoms with Crippen LogP contribution in [0.2, 0.25) is 0 Å². The summed E-state index contributed by atoms with van der Waals surface area (Å²) in [6, 6.07) is 12.2. The number of thiophene rings is 1. The molecule has 2 heteroatoms. The molecule has 0 amide bonds. The van der Waals surface area contributed by atoms with Crippen LogP contribution in [0.1, 0.15) is 27.2 Å². The van der Waals surface area contributed by atoms with Crippen molar-refractivity contribution in [3.63, 3.8) is 0 Å². The highest BCUT2D eigenvalue weighted by Gasteiger charge is 2.27. The fourth-order valence-corrected chi connectivity index (χ4v) is 3.31. The number of carbonyl (C=O) groups excluding carboxylic acids is 1. The molecule has 1 aromatic heterocycles. The molecule has 2 aromatic rings. The second-order valence-corrected chi connectivity index (χ2v) is 5.57. The quantitative estimate of drug-likeness (QED) is 0.784. The van der Waals surface area contributed by atoms with E-state index >= 15 is 0 Å². The van der Waals surface area contributed by atoms with Crippen LogP contribution in [-0.2, 0) is 12.8 Å². The molecule has 1 aliphatic carbocycles. The van der Waals surface area contributed by atoms with Crippen LogP contribution in [0.3, 0.4) is 0 Å². The maximum Gasteiger partial charge on any atom is 0.166 e. The average molecular weight is 242 g/mol. The number of fused-ring (bicyclic) bond motifs is 1. The topological polar surface area (TPSA) is 17.1 Å². The van der Waals surface area contributed by atoms with Gasteiger partial charge in [0.05, 0.1) is 0 Å². The summed E-state index contributed by atoms with van der Waals surface area (Å²) < 4.78 is 0. The molecule has 1 unspecified atom stereocenters. The number of carbonyl (C=O) groups is 1. The molecule has 0 spiro atoms. The van der Waals surface area contributed by atoms with Crippen molar-refractivity contribution < 1.29 is 4.79 Å². The van der Waals surface area contributed by atoms with E-state index in [-0.39, 0.29) is 5.92 Å². The molecule has 0 fully saturated rings. The van der Waals surface area contributed by atoms with Crippen LogP contribution in [0.15, 0.2) is 41.8 Å². The first-order valence-electron chi connectivity index (χ1n) is 5.99. The van der Waals surface area contributed by atoms with E-state index in [1.807, 2.05) is 18.2 Å². The van der Waals surface area contributed by atoms with Crippen LogP contribution in [0.25, 0.3) is 0 Å². The number of Topliss-reactive ketones (excluding diaryl/α,β-unsaturated/α-hetero) is 1. The van der Waals surface area contributed by atoms with Gasteiger partial charge >= 0.3 is 0 Å². The SMILES string of the molecule is O=C1c2ccccc2CCC1Cc1cccs1. The molecule has 1 aliphatic rings. The number of rotatable bonds is 2. The van der Waals surface area contributed by atoms with Crippen LogP contribution in [0, 0.1) is 5.92 Å². The lowest BCUT2D eigenvalue weighted by atomic mass is 9.81. The van der Waals surface area contributed by atoms with Crippen molar-refractivity contribution in [1.82, 2.24) is 0 Å². The standard InChI is InChI=1S/C15H14OS/c16-15-12(10-13-5-3-9-17-13)8-7-11-4-1-2-6-14(11)15/h1-6,9,12H,7-8,10H2. The van der Waals surface area contributed by atoms with Gasteiger partial charge in [-0.15, -0.1) is 11.3 Å². The molecular weight excluding hydrogens is 228 g/mol. The van der Waals surface area contributed by atoms with Crippen molar-refractivity contribution in [2.45, 2.75) is 19.3 Å². The van der Waals surface area contributed by atoms with E-state index in [4.69, 9.17) is 0 Å². The Bertz CT molecular complexity index is 528. The maximum absolute atomic E-state index is 12.3. The van der Waals surface area contributed by atoms with E-state index in [0.717, 1.165) is 24.8 Å². The fourth-order valence-electron chi connectivity index (χ4n) is 2.53. The molecule has 0 N–H and O–H groups in total. The van der Waals surface area contributed by atoms with E-state index < -0.39 is 0 Å². The van der Waals surface area contributed by atoms with Crippen LogP contribution < -0.4 is 0 Å². The molecule has 3 rings (SSSR count). The molecule has 1 nitrogen and oxygen atoms in total. The van der Waals surface area contributed by atoms with Crippen molar-refractivity contribution in [2.24, 2.45) is 5.92 Å². The summed E-state index contributed by atoms with van der Waals surface area (Å²) in [5, 5.41) is 2.08. The Morgan fingerprint density at radius 3 is 2.88 bits per heavy atom. The average Bonchev–Trinajstić information content (AvgIpc) is 2.86. The van der Waals surface area contributed by atoms with Gasteiger partial charge in [-0.1, -0.05) is 30.3 Å². The smallest absolute Gasteiger partial charge is 0.166 e. The van der Waals surface area contributed by atoms with Gasteiger partial charge in [0.1, 0.15) is 0 Å². The lowest BCUT2D eigenvalue weighted by molar-refractivity contribution is 0.0902. The Morgan fingerprint density at radius 2 is 2.06 bits per heavy atom. The second-order valence-electron chi connectivity index (χ2n) is 4.54. The first kappa shape index (κ1) is 10.7. The van der Waals surface area contributed by atoms with Gasteiger partial charge in [-0.05, 0) is 36.3 Å². The van der Waals surface area contributed by atoms with Gasteiger partial charge in [0.2, 0.25) is 0 Å². The monoisotopic (exact) mass is 242 g/mol. The molecule has 17 heavy (non-hydrogen) atoms. The Kier molecular flexibility index (Phi) is 2.81. The number of ketones is 1. The molecule has 0 aliphatic heterocycles. The molecule has 0 radical (unpaired) electrons. The predicted molar refractivity (Wildman–Crippen MR) is 70.6 cm³/mol. The molecule has 86 valence electrons. The molecule has 1 aromatic carbocycles. The third-order valence-corrected chi connectivity index (χ3v) is 4.34. The van der Waals surface area contributed by atoms with Crippen LogP contribution in [-0.4, -0.2) is 5.78 Å². The van der Waals surface area contributed by atoms with E-state index in [1.54, 1.807) is 11.3 Å². The zero-order valence-corrected chi connectivity index (χ0v) is 10.4. The summed E-state index contributed by atoms with van der Waals surface area (Å²) in [6.07, 6.45) is 2.94. The van der Waals surface area contributed by atoms with E-state index in [0.29, 0.717) is 5.78 Å². The highest BCUT2D eigenvalue weighted by atomic mass is 32.1. The zero-order chi connectivity index (χ0) is 11.7. The summed E-state index contributed by atoms with van der Waals surface area (Å²) in [7, 11) is 0. The van der Waals surface area contributed by atoms with Crippen molar-refractivity contribution in [3.8, 4) is 0 Å². The van der Waals surface area contributed by atoms with Gasteiger partial charge in [-0.2, -0.15) is 0 Å². The number of aryl methyl sites for hydroxylation is 1. The Balaban J connectivity index is 1.84. The third kappa shape index (κ3) is 2.05. The van der Waals surface area contributed by atoms with Gasteiger partial charge in [-0.25, -0.2) is 0 Å². The minimum atomic E-state index is 0.184. The number of hydrogen-bond acceptors (Lipinski definition) is 2. The molecule has 0 saturated carbocycles. The highest BCUT2D eigenvalue weighted by molar-refractivity contribution is 7.09. The van der Waals surface area contributed by atoms with Crippen molar-refractivity contribution in [3.05, 3.63) is 57.8 Å². The largest absolute Gasteiger partial charge is 0.294 e. The lowest BCUT2D eigenvalue weighted by Crippen LogP contribution is -2.24. The lowest BCUT2D eigenvalue weighted by Gasteiger charge is -2.22. The van der Waals surface area contributed by atoms with Gasteiger partial charge in [0.15, 0.2) is 5.78 Å². The predicted octanol–water partition coefficient (Wildman–Crippen LogP) is 3.74. The highest BCUT2D eigenvalue weighted by Crippen LogP contribution is 2.28. The van der Waals surface area contributed by atoms with Gasteiger partial charge in [0, 0.05) is 16.4 Å². The summed E-state index contributed by atoms with van der Waals surface area (Å²) in [4.78, 5) is 13.7. The molecule has 1 atom stereocenters. The van der Waals surface area contributed by atoms with E-state index in [1.165, 1.54) is 10.4 Å². The van der Waals surface area contributed by atoms with E-state index in [2.05, 4.69) is 23.6 Å². The zero-order valence-electron chi connectivity index (χ0n) is 9.56. The van der Waals surface area contributed by atoms with Crippen LogP contribution in [0.4, 0.5) is 0 Å². The normalized spacial score (nSPS) is 19.1. The molecule has 1 heterocycles. The Morgan fingerprint density at radius 1 is 1.18 bits per heavy atom. The first-order valence-corrected chi connectivity index (χ1v) is 6.87. The third-order valence-electron chi connectivity index (χ3n) is 3.44.